The Bertz CT molecular complexity index is 1580. The summed E-state index contributed by atoms with van der Waals surface area (Å²) in [5.41, 5.74) is 5.09. The van der Waals surface area contributed by atoms with Crippen molar-refractivity contribution in [3.8, 4) is 11.5 Å². The van der Waals surface area contributed by atoms with Crippen LogP contribution in [0.1, 0.15) is 22.6 Å². The molecule has 0 unspecified atom stereocenters. The van der Waals surface area contributed by atoms with Gasteiger partial charge in [-0.3, -0.25) is 19.2 Å². The fourth-order valence-electron chi connectivity index (χ4n) is 3.44. The number of benzene rings is 3. The fourth-order valence-corrected chi connectivity index (χ4v) is 3.44. The van der Waals surface area contributed by atoms with Gasteiger partial charge in [0.25, 0.3) is 0 Å². The maximum atomic E-state index is 12.2. The third-order valence-electron chi connectivity index (χ3n) is 5.73. The maximum absolute atomic E-state index is 12.2. The smallest absolute Gasteiger partial charge is 0.329 e. The Morgan fingerprint density at radius 1 is 0.732 bits per heavy atom. The van der Waals surface area contributed by atoms with Gasteiger partial charge < -0.3 is 25.1 Å². The summed E-state index contributed by atoms with van der Waals surface area (Å²) in [4.78, 5) is 48.5. The Kier molecular flexibility index (Phi) is 9.24. The van der Waals surface area contributed by atoms with E-state index in [1.54, 1.807) is 48.5 Å². The molecular weight excluding hydrogens is 526 g/mol. The van der Waals surface area contributed by atoms with Gasteiger partial charge in [-0.2, -0.15) is 5.10 Å². The van der Waals surface area contributed by atoms with Gasteiger partial charge in [0, 0.05) is 11.4 Å². The van der Waals surface area contributed by atoms with Gasteiger partial charge in [-0.05, 0) is 85.6 Å². The van der Waals surface area contributed by atoms with E-state index in [-0.39, 0.29) is 12.3 Å². The van der Waals surface area contributed by atoms with Crippen molar-refractivity contribution in [3.05, 3.63) is 108 Å². The first kappa shape index (κ1) is 28.3. The highest BCUT2D eigenvalue weighted by atomic mass is 16.5. The predicted octanol–water partition coefficient (Wildman–Crippen LogP) is 4.03. The zero-order valence-electron chi connectivity index (χ0n) is 22.3. The van der Waals surface area contributed by atoms with Gasteiger partial charge in [-0.15, -0.1) is 0 Å². The maximum Gasteiger partial charge on any atom is 0.329 e. The molecule has 4 aromatic rings. The number of carbonyl (C=O) groups is 4. The van der Waals surface area contributed by atoms with Crippen LogP contribution in [0.25, 0.3) is 0 Å². The minimum absolute atomic E-state index is 0.0447. The highest BCUT2D eigenvalue weighted by Gasteiger charge is 2.15. The number of para-hydroxylation sites is 1. The molecule has 3 aromatic carbocycles. The van der Waals surface area contributed by atoms with Crippen LogP contribution in [0.2, 0.25) is 0 Å². The van der Waals surface area contributed by atoms with Gasteiger partial charge in [0.1, 0.15) is 23.0 Å². The second kappa shape index (κ2) is 13.4. The molecule has 0 aliphatic carbocycles. The summed E-state index contributed by atoms with van der Waals surface area (Å²) in [6, 6.07) is 24.2. The van der Waals surface area contributed by atoms with Crippen LogP contribution in [0.5, 0.6) is 11.5 Å². The van der Waals surface area contributed by atoms with Crippen molar-refractivity contribution in [2.45, 2.75) is 20.4 Å². The van der Waals surface area contributed by atoms with Crippen molar-refractivity contribution in [3.63, 3.8) is 0 Å². The lowest BCUT2D eigenvalue weighted by molar-refractivity contribution is -0.136. The number of ether oxygens (including phenoxy) is 1. The van der Waals surface area contributed by atoms with Crippen molar-refractivity contribution in [1.82, 2.24) is 10.7 Å². The summed E-state index contributed by atoms with van der Waals surface area (Å²) < 4.78 is 11.2. The van der Waals surface area contributed by atoms with Gasteiger partial charge in [-0.25, -0.2) is 5.43 Å². The van der Waals surface area contributed by atoms with Crippen LogP contribution in [0.3, 0.4) is 0 Å². The summed E-state index contributed by atoms with van der Waals surface area (Å²) >= 11 is 0. The average Bonchev–Trinajstić information content (AvgIpc) is 3.42. The zero-order valence-corrected chi connectivity index (χ0v) is 22.3. The highest BCUT2D eigenvalue weighted by molar-refractivity contribution is 6.40. The molecule has 0 saturated heterocycles. The first-order valence-electron chi connectivity index (χ1n) is 12.5. The van der Waals surface area contributed by atoms with E-state index in [1.165, 1.54) is 6.21 Å². The van der Waals surface area contributed by atoms with Gasteiger partial charge in [0.05, 0.1) is 12.8 Å². The molecule has 208 valence electrons. The number of nitrogens with zero attached hydrogens (tertiary/aromatic N) is 1. The molecule has 0 saturated carbocycles. The van der Waals surface area contributed by atoms with Crippen molar-refractivity contribution in [2.24, 2.45) is 5.10 Å². The summed E-state index contributed by atoms with van der Waals surface area (Å²) in [6.45, 7) is 3.81. The number of furan rings is 1. The van der Waals surface area contributed by atoms with Crippen LogP contribution >= 0.6 is 0 Å². The molecule has 11 nitrogen and oxygen atoms in total. The number of amides is 4. The first-order valence-corrected chi connectivity index (χ1v) is 12.5. The van der Waals surface area contributed by atoms with Gasteiger partial charge in [0.2, 0.25) is 0 Å². The quantitative estimate of drug-likeness (QED) is 0.147. The van der Waals surface area contributed by atoms with Crippen molar-refractivity contribution in [1.29, 1.82) is 0 Å². The van der Waals surface area contributed by atoms with E-state index in [0.717, 1.165) is 11.1 Å². The lowest BCUT2D eigenvalue weighted by Crippen LogP contribution is -2.34. The molecule has 0 fully saturated rings. The van der Waals surface area contributed by atoms with E-state index in [0.29, 0.717) is 28.6 Å². The molecule has 11 heteroatoms. The number of hydrogen-bond donors (Lipinski definition) is 4. The summed E-state index contributed by atoms with van der Waals surface area (Å²) in [7, 11) is 0. The number of carbonyl (C=O) groups excluding carboxylic acids is 4. The molecule has 0 radical (unpaired) electrons. The van der Waals surface area contributed by atoms with E-state index in [1.807, 2.05) is 50.2 Å². The SMILES string of the molecule is Cc1ccc(NC(=O)C(=O)NCc2ccc(/C=N/NC(=O)C(=O)Nc3ccc(Oc4ccccc4)cc3)o2)cc1C. The van der Waals surface area contributed by atoms with Crippen LogP contribution in [0.4, 0.5) is 11.4 Å². The third kappa shape index (κ3) is 8.39. The van der Waals surface area contributed by atoms with E-state index in [2.05, 4.69) is 26.5 Å². The van der Waals surface area contributed by atoms with Gasteiger partial charge >= 0.3 is 23.6 Å². The van der Waals surface area contributed by atoms with E-state index < -0.39 is 23.6 Å². The second-order valence-electron chi connectivity index (χ2n) is 8.83. The van der Waals surface area contributed by atoms with Crippen molar-refractivity contribution >= 4 is 41.2 Å². The fraction of sp³-hybridized carbons (Fsp3) is 0.100. The number of anilines is 2. The van der Waals surface area contributed by atoms with Crippen LogP contribution < -0.4 is 26.1 Å². The predicted molar refractivity (Wildman–Crippen MR) is 152 cm³/mol. The number of rotatable bonds is 8. The van der Waals surface area contributed by atoms with Crippen molar-refractivity contribution in [2.75, 3.05) is 10.6 Å². The number of aryl methyl sites for hydroxylation is 2. The lowest BCUT2D eigenvalue weighted by Gasteiger charge is -2.07. The minimum Gasteiger partial charge on any atom is -0.458 e. The second-order valence-corrected chi connectivity index (χ2v) is 8.83. The monoisotopic (exact) mass is 553 g/mol. The van der Waals surface area contributed by atoms with Crippen LogP contribution in [-0.4, -0.2) is 29.8 Å². The molecule has 4 N–H and O–H groups in total. The highest BCUT2D eigenvalue weighted by Crippen LogP contribution is 2.22. The molecule has 1 aromatic heterocycles. The van der Waals surface area contributed by atoms with Gasteiger partial charge in [0.15, 0.2) is 0 Å². The molecule has 0 aliphatic rings. The largest absolute Gasteiger partial charge is 0.458 e. The number of hydrazone groups is 1. The van der Waals surface area contributed by atoms with E-state index in [9.17, 15) is 19.2 Å². The Morgan fingerprint density at radius 3 is 2.12 bits per heavy atom. The molecule has 4 amide bonds. The topological polar surface area (TPSA) is 151 Å². The Labute approximate surface area is 235 Å². The molecule has 0 atom stereocenters. The van der Waals surface area contributed by atoms with Crippen LogP contribution in [-0.2, 0) is 25.7 Å². The Balaban J connectivity index is 1.19. The van der Waals surface area contributed by atoms with E-state index in [4.69, 9.17) is 9.15 Å². The summed E-state index contributed by atoms with van der Waals surface area (Å²) in [6.07, 6.45) is 1.19. The number of nitrogens with one attached hydrogen (secondary N) is 4. The molecule has 0 aliphatic heterocycles. The number of hydrogen-bond acceptors (Lipinski definition) is 7. The Hall–Kier alpha value is -5.71. The minimum atomic E-state index is -0.986. The third-order valence-corrected chi connectivity index (χ3v) is 5.73. The van der Waals surface area contributed by atoms with Crippen molar-refractivity contribution < 1.29 is 28.3 Å². The van der Waals surface area contributed by atoms with Crippen LogP contribution in [0, 0.1) is 13.8 Å². The molecule has 0 spiro atoms. The molecule has 1 heterocycles. The molecule has 0 bridgehead atoms. The Morgan fingerprint density at radius 2 is 1.39 bits per heavy atom. The van der Waals surface area contributed by atoms with Crippen LogP contribution in [0.15, 0.2) is 94.4 Å². The summed E-state index contributed by atoms with van der Waals surface area (Å²) in [5.74, 6) is -1.69. The van der Waals surface area contributed by atoms with Gasteiger partial charge in [-0.1, -0.05) is 24.3 Å². The standard InChI is InChI=1S/C30H27N5O6/c1-19-8-9-22(16-20(19)2)34-28(37)27(36)31-17-25-14-15-26(41-25)18-32-35-30(39)29(38)33-21-10-12-24(13-11-21)40-23-6-4-3-5-7-23/h3-16,18H,17H2,1-2H3,(H,31,36)(H,33,38)(H,34,37)(H,35,39)/b32-18+. The zero-order chi connectivity index (χ0) is 29.2. The van der Waals surface area contributed by atoms with E-state index >= 15 is 0 Å². The normalized spacial score (nSPS) is 10.6. The molecule has 4 rings (SSSR count). The molecule has 41 heavy (non-hydrogen) atoms. The first-order chi connectivity index (χ1) is 19.8. The molecular formula is C30H27N5O6. The lowest BCUT2D eigenvalue weighted by atomic mass is 10.1. The summed E-state index contributed by atoms with van der Waals surface area (Å²) in [5, 5.41) is 11.2. The average molecular weight is 554 g/mol.